The first-order chi connectivity index (χ1) is 10.7. The lowest BCUT2D eigenvalue weighted by Gasteiger charge is -2.03. The quantitative estimate of drug-likeness (QED) is 0.687. The number of halogens is 1. The van der Waals surface area contributed by atoms with Gasteiger partial charge in [-0.25, -0.2) is 4.39 Å². The van der Waals surface area contributed by atoms with Crippen molar-refractivity contribution < 1.29 is 4.39 Å². The third-order valence-electron chi connectivity index (χ3n) is 3.99. The molecule has 5 heteroatoms. The number of nitrogens with zero attached hydrogens (tertiary/aromatic N) is 2. The fourth-order valence-electron chi connectivity index (χ4n) is 2.70. The molecule has 0 unspecified atom stereocenters. The summed E-state index contributed by atoms with van der Waals surface area (Å²) in [6, 6.07) is 4.86. The van der Waals surface area contributed by atoms with Crippen molar-refractivity contribution in [2.45, 2.75) is 33.4 Å². The zero-order valence-corrected chi connectivity index (χ0v) is 13.0. The Kier molecular flexibility index (Phi) is 4.24. The summed E-state index contributed by atoms with van der Waals surface area (Å²) in [5.74, 6) is -0.191. The molecule has 116 valence electrons. The molecule has 0 saturated carbocycles. The second kappa shape index (κ2) is 6.32. The Hall–Kier alpha value is -2.14. The molecule has 0 amide bonds. The van der Waals surface area contributed by atoms with E-state index in [-0.39, 0.29) is 5.82 Å². The van der Waals surface area contributed by atoms with Gasteiger partial charge in [-0.05, 0) is 50.6 Å². The van der Waals surface area contributed by atoms with Crippen LogP contribution in [0, 0.1) is 12.7 Å². The number of H-pyrrole nitrogens is 1. The van der Waals surface area contributed by atoms with Crippen molar-refractivity contribution in [2.24, 2.45) is 0 Å². The molecule has 4 nitrogen and oxygen atoms in total. The normalized spacial score (nSPS) is 11.4. The minimum absolute atomic E-state index is 0.191. The summed E-state index contributed by atoms with van der Waals surface area (Å²) in [7, 11) is 0. The van der Waals surface area contributed by atoms with Crippen LogP contribution in [0.15, 0.2) is 30.6 Å². The summed E-state index contributed by atoms with van der Waals surface area (Å²) in [5.41, 5.74) is 4.43. The minimum Gasteiger partial charge on any atom is -0.361 e. The number of hydrogen-bond acceptors (Lipinski definition) is 2. The van der Waals surface area contributed by atoms with Crippen LogP contribution in [0.3, 0.4) is 0 Å². The molecule has 0 saturated heterocycles. The highest BCUT2D eigenvalue weighted by molar-refractivity contribution is 5.83. The highest BCUT2D eigenvalue weighted by Crippen LogP contribution is 2.19. The lowest BCUT2D eigenvalue weighted by atomic mass is 10.1. The Morgan fingerprint density at radius 3 is 2.95 bits per heavy atom. The molecular formula is C17H21FN4. The number of aromatic amines is 1. The number of benzene rings is 1. The average molecular weight is 300 g/mol. The molecule has 2 N–H and O–H groups in total. The first kappa shape index (κ1) is 14.8. The van der Waals surface area contributed by atoms with E-state index in [2.05, 4.69) is 28.5 Å². The topological polar surface area (TPSA) is 45.6 Å². The van der Waals surface area contributed by atoms with Crippen LogP contribution < -0.4 is 5.32 Å². The van der Waals surface area contributed by atoms with Gasteiger partial charge in [-0.2, -0.15) is 5.10 Å². The van der Waals surface area contributed by atoms with Gasteiger partial charge in [-0.1, -0.05) is 0 Å². The number of hydrogen-bond donors (Lipinski definition) is 2. The summed E-state index contributed by atoms with van der Waals surface area (Å²) in [6.07, 6.45) is 4.92. The van der Waals surface area contributed by atoms with Crippen molar-refractivity contribution >= 4 is 10.9 Å². The molecule has 3 rings (SSSR count). The molecule has 0 atom stereocenters. The van der Waals surface area contributed by atoms with Crippen LogP contribution in [-0.4, -0.2) is 21.3 Å². The van der Waals surface area contributed by atoms with Crippen LogP contribution in [0.5, 0.6) is 0 Å². The molecule has 0 aliphatic heterocycles. The second-order valence-electron chi connectivity index (χ2n) is 5.53. The maximum Gasteiger partial charge on any atom is 0.123 e. The van der Waals surface area contributed by atoms with E-state index < -0.39 is 0 Å². The second-order valence-corrected chi connectivity index (χ2v) is 5.53. The standard InChI is InChI=1S/C17H21FN4/c1-3-22-11-14(12(2)21-22)9-19-7-6-13-10-20-17-5-4-15(18)8-16(13)17/h4-5,8,10-11,19-20H,3,6-7,9H2,1-2H3. The summed E-state index contributed by atoms with van der Waals surface area (Å²) >= 11 is 0. The maximum absolute atomic E-state index is 13.3. The summed E-state index contributed by atoms with van der Waals surface area (Å²) in [5, 5.41) is 8.84. The Morgan fingerprint density at radius 1 is 1.32 bits per heavy atom. The molecule has 3 aromatic rings. The van der Waals surface area contributed by atoms with E-state index in [0.29, 0.717) is 0 Å². The van der Waals surface area contributed by atoms with Gasteiger partial charge < -0.3 is 10.3 Å². The first-order valence-electron chi connectivity index (χ1n) is 7.66. The van der Waals surface area contributed by atoms with Gasteiger partial charge in [0.25, 0.3) is 0 Å². The van der Waals surface area contributed by atoms with Crippen molar-refractivity contribution in [3.05, 3.63) is 53.2 Å². The highest BCUT2D eigenvalue weighted by Gasteiger charge is 2.06. The predicted molar refractivity (Wildman–Crippen MR) is 86.3 cm³/mol. The summed E-state index contributed by atoms with van der Waals surface area (Å²) in [6.45, 7) is 6.66. The molecule has 0 aliphatic carbocycles. The predicted octanol–water partition coefficient (Wildman–Crippen LogP) is 3.16. The molecule has 0 radical (unpaired) electrons. The van der Waals surface area contributed by atoms with Crippen LogP contribution in [0.1, 0.15) is 23.7 Å². The average Bonchev–Trinajstić information content (AvgIpc) is 3.07. The SMILES string of the molecule is CCn1cc(CNCCc2c[nH]c3ccc(F)cc23)c(C)n1. The van der Waals surface area contributed by atoms with Crippen molar-refractivity contribution in [3.8, 4) is 0 Å². The third kappa shape index (κ3) is 3.04. The number of aryl methyl sites for hydroxylation is 2. The number of nitrogens with one attached hydrogen (secondary N) is 2. The smallest absolute Gasteiger partial charge is 0.123 e. The Balaban J connectivity index is 1.58. The molecule has 0 bridgehead atoms. The molecule has 2 heterocycles. The molecule has 2 aromatic heterocycles. The lowest BCUT2D eigenvalue weighted by Crippen LogP contribution is -2.16. The van der Waals surface area contributed by atoms with Gasteiger partial charge in [0.15, 0.2) is 0 Å². The van der Waals surface area contributed by atoms with E-state index in [9.17, 15) is 4.39 Å². The fraction of sp³-hybridized carbons (Fsp3) is 0.353. The molecule has 0 aliphatic rings. The van der Waals surface area contributed by atoms with Gasteiger partial charge >= 0.3 is 0 Å². The first-order valence-corrected chi connectivity index (χ1v) is 7.66. The largest absolute Gasteiger partial charge is 0.361 e. The monoisotopic (exact) mass is 300 g/mol. The van der Waals surface area contributed by atoms with Crippen LogP contribution in [0.2, 0.25) is 0 Å². The zero-order valence-electron chi connectivity index (χ0n) is 13.0. The molecule has 0 fully saturated rings. The molecule has 1 aromatic carbocycles. The Labute approximate surface area is 129 Å². The van der Waals surface area contributed by atoms with E-state index >= 15 is 0 Å². The van der Waals surface area contributed by atoms with Gasteiger partial charge in [-0.15, -0.1) is 0 Å². The molecule has 22 heavy (non-hydrogen) atoms. The van der Waals surface area contributed by atoms with E-state index in [1.54, 1.807) is 12.1 Å². The lowest BCUT2D eigenvalue weighted by molar-refractivity contribution is 0.629. The highest BCUT2D eigenvalue weighted by atomic mass is 19.1. The van der Waals surface area contributed by atoms with Crippen molar-refractivity contribution in [2.75, 3.05) is 6.54 Å². The molecular weight excluding hydrogens is 279 g/mol. The van der Waals surface area contributed by atoms with Crippen molar-refractivity contribution in [3.63, 3.8) is 0 Å². The summed E-state index contributed by atoms with van der Waals surface area (Å²) < 4.78 is 15.3. The number of fused-ring (bicyclic) bond motifs is 1. The van der Waals surface area contributed by atoms with Gasteiger partial charge in [0, 0.05) is 41.9 Å². The fourth-order valence-corrected chi connectivity index (χ4v) is 2.70. The van der Waals surface area contributed by atoms with Crippen molar-refractivity contribution in [1.29, 1.82) is 0 Å². The van der Waals surface area contributed by atoms with Crippen LogP contribution in [0.25, 0.3) is 10.9 Å². The zero-order chi connectivity index (χ0) is 15.5. The van der Waals surface area contributed by atoms with E-state index in [4.69, 9.17) is 0 Å². The van der Waals surface area contributed by atoms with Gasteiger partial charge in [0.05, 0.1) is 5.69 Å². The maximum atomic E-state index is 13.3. The third-order valence-corrected chi connectivity index (χ3v) is 3.99. The van der Waals surface area contributed by atoms with Gasteiger partial charge in [0.1, 0.15) is 5.82 Å². The number of aromatic nitrogens is 3. The van der Waals surface area contributed by atoms with Crippen LogP contribution in [-0.2, 0) is 19.5 Å². The van der Waals surface area contributed by atoms with Crippen LogP contribution in [0.4, 0.5) is 4.39 Å². The van der Waals surface area contributed by atoms with Crippen LogP contribution >= 0.6 is 0 Å². The van der Waals surface area contributed by atoms with Gasteiger partial charge in [-0.3, -0.25) is 4.68 Å². The Bertz CT molecular complexity index is 772. The number of rotatable bonds is 6. The minimum atomic E-state index is -0.191. The van der Waals surface area contributed by atoms with E-state index in [0.717, 1.165) is 48.2 Å². The molecule has 0 spiro atoms. The van der Waals surface area contributed by atoms with E-state index in [1.807, 2.05) is 17.8 Å². The van der Waals surface area contributed by atoms with E-state index in [1.165, 1.54) is 11.6 Å². The van der Waals surface area contributed by atoms with Crippen molar-refractivity contribution in [1.82, 2.24) is 20.1 Å². The van der Waals surface area contributed by atoms with Gasteiger partial charge in [0.2, 0.25) is 0 Å². The summed E-state index contributed by atoms with van der Waals surface area (Å²) in [4.78, 5) is 3.19. The Morgan fingerprint density at radius 2 is 2.18 bits per heavy atom.